The minimum Gasteiger partial charge on any atom is -0.505 e. The number of aromatic nitrogens is 2. The molecule has 9 heteroatoms. The summed E-state index contributed by atoms with van der Waals surface area (Å²) >= 11 is 0. The molecule has 1 saturated heterocycles. The fraction of sp³-hybridized carbons (Fsp3) is 0.292. The number of H-pyrrole nitrogens is 1. The topological polar surface area (TPSA) is 105 Å². The highest BCUT2D eigenvalue weighted by molar-refractivity contribution is 5.90. The van der Waals surface area contributed by atoms with E-state index in [9.17, 15) is 19.6 Å². The van der Waals surface area contributed by atoms with Crippen molar-refractivity contribution in [3.05, 3.63) is 54.5 Å². The van der Waals surface area contributed by atoms with E-state index in [0.29, 0.717) is 28.9 Å². The molecular weight excluding hydrogens is 425 g/mol. The molecule has 1 aromatic heterocycles. The lowest BCUT2D eigenvalue weighted by atomic mass is 9.82. The molecule has 0 radical (unpaired) electrons. The van der Waals surface area contributed by atoms with Crippen LogP contribution in [0.25, 0.3) is 22.0 Å². The molecule has 170 valence electrons. The van der Waals surface area contributed by atoms with Crippen LogP contribution in [0.5, 0.6) is 11.5 Å². The maximum Gasteiger partial charge on any atom is 0.246 e. The predicted molar refractivity (Wildman–Crippen MR) is 121 cm³/mol. The second-order valence-corrected chi connectivity index (χ2v) is 8.51. The summed E-state index contributed by atoms with van der Waals surface area (Å²) in [6.07, 6.45) is 4.94. The molecule has 1 fully saturated rings. The van der Waals surface area contributed by atoms with Crippen molar-refractivity contribution in [3.63, 3.8) is 0 Å². The van der Waals surface area contributed by atoms with Crippen LogP contribution in [0.1, 0.15) is 0 Å². The van der Waals surface area contributed by atoms with Crippen LogP contribution in [0.4, 0.5) is 4.39 Å². The first-order valence-corrected chi connectivity index (χ1v) is 10.4. The van der Waals surface area contributed by atoms with Gasteiger partial charge in [0.15, 0.2) is 11.6 Å². The third kappa shape index (κ3) is 4.66. The van der Waals surface area contributed by atoms with Crippen molar-refractivity contribution < 1.29 is 19.0 Å². The number of phenolic OH excluding ortho intramolecular Hbond substituents is 1. The number of halogens is 1. The quantitative estimate of drug-likeness (QED) is 0.538. The molecule has 0 spiro atoms. The first kappa shape index (κ1) is 22.3. The van der Waals surface area contributed by atoms with E-state index in [1.807, 2.05) is 25.1 Å². The standard InChI is InChI=1S/C24H24FN5O3/c1-29(2)7-3-4-23(32)30-13-24(12-26,14-30)15-33-22-10-17(9-20-18(22)11-27-28-20)16-5-6-21(31)19(25)8-16/h3-6,8-11,31H,7,13-15H2,1-2H3,(H,27,28)/b4-3+. The van der Waals surface area contributed by atoms with Crippen molar-refractivity contribution in [1.29, 1.82) is 5.26 Å². The third-order valence-electron chi connectivity index (χ3n) is 5.57. The van der Waals surface area contributed by atoms with Crippen molar-refractivity contribution in [1.82, 2.24) is 20.0 Å². The Hall–Kier alpha value is -3.90. The van der Waals surface area contributed by atoms with Crippen molar-refractivity contribution >= 4 is 16.8 Å². The van der Waals surface area contributed by atoms with Gasteiger partial charge in [0, 0.05) is 25.7 Å². The number of hydrogen-bond donors (Lipinski definition) is 2. The third-order valence-corrected chi connectivity index (χ3v) is 5.57. The number of phenols is 1. The first-order valence-electron chi connectivity index (χ1n) is 10.4. The van der Waals surface area contributed by atoms with Crippen LogP contribution in [0.15, 0.2) is 48.7 Å². The Labute approximate surface area is 190 Å². The van der Waals surface area contributed by atoms with E-state index in [-0.39, 0.29) is 25.6 Å². The Morgan fingerprint density at radius 1 is 1.36 bits per heavy atom. The van der Waals surface area contributed by atoms with Crippen LogP contribution in [-0.2, 0) is 4.79 Å². The van der Waals surface area contributed by atoms with E-state index in [1.165, 1.54) is 18.2 Å². The van der Waals surface area contributed by atoms with Gasteiger partial charge < -0.3 is 19.6 Å². The Morgan fingerprint density at radius 3 is 2.85 bits per heavy atom. The zero-order valence-corrected chi connectivity index (χ0v) is 18.4. The van der Waals surface area contributed by atoms with Crippen molar-refractivity contribution in [3.8, 4) is 28.7 Å². The molecule has 2 aromatic carbocycles. The number of likely N-dealkylation sites (N-methyl/N-ethyl adjacent to an activating group) is 1. The minimum atomic E-state index is -0.804. The van der Waals surface area contributed by atoms with E-state index in [4.69, 9.17) is 4.74 Å². The van der Waals surface area contributed by atoms with Gasteiger partial charge in [-0.3, -0.25) is 9.89 Å². The van der Waals surface area contributed by atoms with Gasteiger partial charge in [-0.15, -0.1) is 0 Å². The lowest BCUT2D eigenvalue weighted by Crippen LogP contribution is -2.60. The largest absolute Gasteiger partial charge is 0.505 e. The van der Waals surface area contributed by atoms with Crippen LogP contribution in [-0.4, -0.2) is 71.3 Å². The van der Waals surface area contributed by atoms with Gasteiger partial charge in [-0.1, -0.05) is 12.1 Å². The number of benzene rings is 2. The molecule has 2 N–H and O–H groups in total. The van der Waals surface area contributed by atoms with E-state index in [1.54, 1.807) is 29.3 Å². The number of nitrogens with one attached hydrogen (secondary N) is 1. The molecule has 0 saturated carbocycles. The Balaban J connectivity index is 1.49. The fourth-order valence-electron chi connectivity index (χ4n) is 3.71. The normalized spacial score (nSPS) is 15.1. The molecule has 1 aliphatic rings. The molecule has 1 amide bonds. The summed E-state index contributed by atoms with van der Waals surface area (Å²) in [5.41, 5.74) is 1.12. The summed E-state index contributed by atoms with van der Waals surface area (Å²) in [6.45, 7) is 1.33. The molecule has 0 unspecified atom stereocenters. The van der Waals surface area contributed by atoms with E-state index >= 15 is 0 Å². The van der Waals surface area contributed by atoms with E-state index in [0.717, 1.165) is 5.39 Å². The van der Waals surface area contributed by atoms with Gasteiger partial charge in [0.2, 0.25) is 5.91 Å². The SMILES string of the molecule is CN(C)C/C=C/C(=O)N1CC(C#N)(COc2cc(-c3ccc(O)c(F)c3)cc3[nH]ncc23)C1. The number of hydrogen-bond acceptors (Lipinski definition) is 6. The number of carbonyl (C=O) groups is 1. The molecule has 0 aliphatic carbocycles. The lowest BCUT2D eigenvalue weighted by molar-refractivity contribution is -0.136. The fourth-order valence-corrected chi connectivity index (χ4v) is 3.71. The van der Waals surface area contributed by atoms with E-state index in [2.05, 4.69) is 16.3 Å². The summed E-state index contributed by atoms with van der Waals surface area (Å²) in [6, 6.07) is 10.00. The summed E-state index contributed by atoms with van der Waals surface area (Å²) in [5, 5.41) is 26.9. The zero-order chi connectivity index (χ0) is 23.6. The summed E-state index contributed by atoms with van der Waals surface area (Å²) in [4.78, 5) is 15.8. The maximum atomic E-state index is 13.9. The number of aromatic hydroxyl groups is 1. The van der Waals surface area contributed by atoms with Gasteiger partial charge >= 0.3 is 0 Å². The highest BCUT2D eigenvalue weighted by Gasteiger charge is 2.46. The van der Waals surface area contributed by atoms with Gasteiger partial charge in [-0.2, -0.15) is 10.4 Å². The van der Waals surface area contributed by atoms with Gasteiger partial charge in [0.05, 0.1) is 23.2 Å². The van der Waals surface area contributed by atoms with Crippen LogP contribution in [0.2, 0.25) is 0 Å². The van der Waals surface area contributed by atoms with Gasteiger partial charge in [-0.25, -0.2) is 4.39 Å². The number of nitriles is 1. The lowest BCUT2D eigenvalue weighted by Gasteiger charge is -2.44. The second kappa shape index (κ2) is 8.92. The van der Waals surface area contributed by atoms with Gasteiger partial charge in [-0.05, 0) is 49.5 Å². The van der Waals surface area contributed by atoms with Crippen molar-refractivity contribution in [2.24, 2.45) is 5.41 Å². The summed E-state index contributed by atoms with van der Waals surface area (Å²) in [7, 11) is 3.83. The number of amides is 1. The van der Waals surface area contributed by atoms with Crippen molar-refractivity contribution in [2.45, 2.75) is 0 Å². The monoisotopic (exact) mass is 449 g/mol. The molecule has 4 rings (SSSR count). The molecule has 0 atom stereocenters. The number of carbonyl (C=O) groups excluding carboxylic acids is 1. The van der Waals surface area contributed by atoms with Crippen molar-refractivity contribution in [2.75, 3.05) is 40.3 Å². The number of nitrogens with zero attached hydrogens (tertiary/aromatic N) is 4. The van der Waals surface area contributed by atoms with Gasteiger partial charge in [0.25, 0.3) is 0 Å². The molecular formula is C24H24FN5O3. The smallest absolute Gasteiger partial charge is 0.246 e. The number of ether oxygens (including phenoxy) is 1. The van der Waals surface area contributed by atoms with Crippen LogP contribution in [0, 0.1) is 22.6 Å². The zero-order valence-electron chi connectivity index (χ0n) is 18.4. The summed E-state index contributed by atoms with van der Waals surface area (Å²) in [5.74, 6) is -0.775. The average molecular weight is 449 g/mol. The number of likely N-dealkylation sites (tertiary alicyclic amines) is 1. The molecule has 8 nitrogen and oxygen atoms in total. The van der Waals surface area contributed by atoms with Gasteiger partial charge in [0.1, 0.15) is 17.8 Å². The Kier molecular flexibility index (Phi) is 6.03. The first-order chi connectivity index (χ1) is 15.8. The maximum absolute atomic E-state index is 13.9. The van der Waals surface area contributed by atoms with E-state index < -0.39 is 17.0 Å². The molecule has 3 aromatic rings. The predicted octanol–water partition coefficient (Wildman–Crippen LogP) is 2.92. The minimum absolute atomic E-state index is 0.0996. The van der Waals surface area contributed by atoms with Crippen LogP contribution < -0.4 is 4.74 Å². The Bertz CT molecular complexity index is 1250. The second-order valence-electron chi connectivity index (χ2n) is 8.51. The molecule has 0 bridgehead atoms. The molecule has 2 heterocycles. The average Bonchev–Trinajstić information content (AvgIpc) is 3.23. The van der Waals surface area contributed by atoms with Crippen LogP contribution in [0.3, 0.4) is 0 Å². The number of aromatic amines is 1. The molecule has 33 heavy (non-hydrogen) atoms. The Morgan fingerprint density at radius 2 is 2.15 bits per heavy atom. The highest BCUT2D eigenvalue weighted by atomic mass is 19.1. The highest BCUT2D eigenvalue weighted by Crippen LogP contribution is 2.36. The molecule has 1 aliphatic heterocycles. The van der Waals surface area contributed by atoms with Crippen LogP contribution >= 0.6 is 0 Å². The number of rotatable bonds is 7. The number of fused-ring (bicyclic) bond motifs is 1. The summed E-state index contributed by atoms with van der Waals surface area (Å²) < 4.78 is 19.9.